The maximum Gasteiger partial charge on any atom is 0.410 e. The molecule has 1 aromatic carbocycles. The van der Waals surface area contributed by atoms with Crippen molar-refractivity contribution in [2.24, 2.45) is 0 Å². The minimum Gasteiger partial charge on any atom is -0.444 e. The molecule has 116 valence electrons. The number of rotatable bonds is 1. The van der Waals surface area contributed by atoms with Crippen LogP contribution in [0.15, 0.2) is 24.3 Å². The third-order valence-electron chi connectivity index (χ3n) is 3.54. The summed E-state index contributed by atoms with van der Waals surface area (Å²) in [6.45, 7) is 6.32. The first kappa shape index (κ1) is 16.1. The van der Waals surface area contributed by atoms with E-state index in [9.17, 15) is 9.90 Å². The van der Waals surface area contributed by atoms with E-state index in [1.165, 1.54) is 0 Å². The molecule has 0 saturated carbocycles. The van der Waals surface area contributed by atoms with Crippen LogP contribution in [0, 0.1) is 0 Å². The van der Waals surface area contributed by atoms with Crippen molar-refractivity contribution < 1.29 is 14.6 Å². The van der Waals surface area contributed by atoms with E-state index in [2.05, 4.69) is 0 Å². The fourth-order valence-electron chi connectivity index (χ4n) is 2.56. The molecule has 1 aliphatic heterocycles. The van der Waals surface area contributed by atoms with Gasteiger partial charge < -0.3 is 14.7 Å². The number of carbonyl (C=O) groups excluding carboxylic acids is 1. The standard InChI is InChI=1S/C16H22ClNO3/c1-16(2,3)21-15(20)18-9-8-12(14(19)10-18)11-6-4-5-7-13(11)17/h4-7,12,14,19H,8-10H2,1-3H3/t12-,14+/m1/s1. The lowest BCUT2D eigenvalue weighted by Gasteiger charge is -2.37. The summed E-state index contributed by atoms with van der Waals surface area (Å²) in [7, 11) is 0. The molecule has 0 aromatic heterocycles. The fourth-order valence-corrected chi connectivity index (χ4v) is 2.84. The molecule has 21 heavy (non-hydrogen) atoms. The molecule has 1 aliphatic rings. The van der Waals surface area contributed by atoms with Crippen LogP contribution >= 0.6 is 11.6 Å². The number of hydrogen-bond donors (Lipinski definition) is 1. The summed E-state index contributed by atoms with van der Waals surface area (Å²) in [6, 6.07) is 7.53. The summed E-state index contributed by atoms with van der Waals surface area (Å²) in [6.07, 6.45) is -0.338. The van der Waals surface area contributed by atoms with Gasteiger partial charge in [-0.05, 0) is 38.8 Å². The zero-order chi connectivity index (χ0) is 15.6. The van der Waals surface area contributed by atoms with E-state index in [-0.39, 0.29) is 18.6 Å². The van der Waals surface area contributed by atoms with E-state index in [1.54, 1.807) is 4.90 Å². The summed E-state index contributed by atoms with van der Waals surface area (Å²) in [4.78, 5) is 13.6. The number of hydrogen-bond acceptors (Lipinski definition) is 3. The van der Waals surface area contributed by atoms with Gasteiger partial charge >= 0.3 is 6.09 Å². The van der Waals surface area contributed by atoms with Crippen LogP contribution in [0.25, 0.3) is 0 Å². The molecule has 1 saturated heterocycles. The molecule has 0 bridgehead atoms. The Bertz CT molecular complexity index is 512. The van der Waals surface area contributed by atoms with Crippen LogP contribution in [0.1, 0.15) is 38.7 Å². The van der Waals surface area contributed by atoms with Crippen molar-refractivity contribution in [3.05, 3.63) is 34.9 Å². The second kappa shape index (κ2) is 6.24. The summed E-state index contributed by atoms with van der Waals surface area (Å²) in [5.74, 6) is -0.0441. The summed E-state index contributed by atoms with van der Waals surface area (Å²) in [5, 5.41) is 11.0. The van der Waals surface area contributed by atoms with Crippen LogP contribution in [0.3, 0.4) is 0 Å². The number of nitrogens with zero attached hydrogens (tertiary/aromatic N) is 1. The van der Waals surface area contributed by atoms with Crippen LogP contribution in [-0.4, -0.2) is 40.9 Å². The van der Waals surface area contributed by atoms with Crippen molar-refractivity contribution >= 4 is 17.7 Å². The number of amides is 1. The maximum atomic E-state index is 12.0. The number of likely N-dealkylation sites (tertiary alicyclic amines) is 1. The van der Waals surface area contributed by atoms with E-state index in [0.29, 0.717) is 18.0 Å². The Morgan fingerprint density at radius 1 is 1.38 bits per heavy atom. The first-order valence-electron chi connectivity index (χ1n) is 7.18. The Morgan fingerprint density at radius 2 is 2.05 bits per heavy atom. The van der Waals surface area contributed by atoms with E-state index < -0.39 is 11.7 Å². The second-order valence-corrected chi connectivity index (χ2v) is 6.82. The molecule has 1 fully saturated rings. The van der Waals surface area contributed by atoms with Crippen LogP contribution in [-0.2, 0) is 4.74 Å². The lowest BCUT2D eigenvalue weighted by molar-refractivity contribution is -0.00150. The molecule has 2 atom stereocenters. The first-order chi connectivity index (χ1) is 9.78. The van der Waals surface area contributed by atoms with Crippen LogP contribution in [0.2, 0.25) is 5.02 Å². The van der Waals surface area contributed by atoms with Crippen molar-refractivity contribution in [1.29, 1.82) is 0 Å². The molecular formula is C16H22ClNO3. The lowest BCUT2D eigenvalue weighted by atomic mass is 9.87. The molecule has 4 nitrogen and oxygen atoms in total. The zero-order valence-electron chi connectivity index (χ0n) is 12.7. The topological polar surface area (TPSA) is 49.8 Å². The van der Waals surface area contributed by atoms with E-state index >= 15 is 0 Å². The van der Waals surface area contributed by atoms with Gasteiger partial charge in [0.2, 0.25) is 0 Å². The third kappa shape index (κ3) is 4.11. The Hall–Kier alpha value is -1.26. The molecule has 1 heterocycles. The van der Waals surface area contributed by atoms with Crippen LogP contribution in [0.5, 0.6) is 0 Å². The molecule has 0 spiro atoms. The second-order valence-electron chi connectivity index (χ2n) is 6.41. The van der Waals surface area contributed by atoms with Crippen molar-refractivity contribution in [3.63, 3.8) is 0 Å². The molecule has 0 aliphatic carbocycles. The highest BCUT2D eigenvalue weighted by atomic mass is 35.5. The van der Waals surface area contributed by atoms with Gasteiger partial charge in [-0.2, -0.15) is 0 Å². The van der Waals surface area contributed by atoms with Gasteiger partial charge in [-0.25, -0.2) is 4.79 Å². The highest BCUT2D eigenvalue weighted by Crippen LogP contribution is 2.33. The number of carbonyl (C=O) groups is 1. The Balaban J connectivity index is 2.03. The van der Waals surface area contributed by atoms with Crippen molar-refractivity contribution in [2.45, 2.75) is 44.8 Å². The van der Waals surface area contributed by atoms with Crippen molar-refractivity contribution in [1.82, 2.24) is 4.90 Å². The highest BCUT2D eigenvalue weighted by Gasteiger charge is 2.33. The molecule has 1 amide bonds. The number of benzene rings is 1. The van der Waals surface area contributed by atoms with Crippen LogP contribution < -0.4 is 0 Å². The fraction of sp³-hybridized carbons (Fsp3) is 0.562. The molecule has 1 N–H and O–H groups in total. The monoisotopic (exact) mass is 311 g/mol. The normalized spacial score (nSPS) is 23.0. The van der Waals surface area contributed by atoms with E-state index in [4.69, 9.17) is 16.3 Å². The number of halogens is 1. The predicted octanol–water partition coefficient (Wildman–Crippen LogP) is 3.43. The molecule has 2 rings (SSSR count). The predicted molar refractivity (Wildman–Crippen MR) is 82.6 cm³/mol. The average molecular weight is 312 g/mol. The molecule has 0 unspecified atom stereocenters. The van der Waals surface area contributed by atoms with Gasteiger partial charge in [0.15, 0.2) is 0 Å². The molecule has 0 radical (unpaired) electrons. The van der Waals surface area contributed by atoms with Gasteiger partial charge in [-0.15, -0.1) is 0 Å². The largest absolute Gasteiger partial charge is 0.444 e. The minimum absolute atomic E-state index is 0.0441. The SMILES string of the molecule is CC(C)(C)OC(=O)N1CC[C@H](c2ccccc2Cl)[C@@H](O)C1. The van der Waals surface area contributed by atoms with Gasteiger partial charge in [-0.3, -0.25) is 0 Å². The number of aliphatic hydroxyl groups is 1. The van der Waals surface area contributed by atoms with Crippen molar-refractivity contribution in [3.8, 4) is 0 Å². The quantitative estimate of drug-likeness (QED) is 0.864. The Kier molecular flexibility index (Phi) is 4.79. The van der Waals surface area contributed by atoms with Gasteiger partial charge in [0.1, 0.15) is 5.60 Å². The van der Waals surface area contributed by atoms with Gasteiger partial charge in [-0.1, -0.05) is 29.8 Å². The number of ether oxygens (including phenoxy) is 1. The Labute approximate surface area is 130 Å². The van der Waals surface area contributed by atoms with E-state index in [1.807, 2.05) is 45.0 Å². The zero-order valence-corrected chi connectivity index (χ0v) is 13.4. The van der Waals surface area contributed by atoms with Gasteiger partial charge in [0, 0.05) is 17.5 Å². The summed E-state index contributed by atoms with van der Waals surface area (Å²) >= 11 is 6.19. The summed E-state index contributed by atoms with van der Waals surface area (Å²) < 4.78 is 5.34. The number of β-amino-alcohol motifs (C(OH)–C–C–N with tert-alkyl or cyclic N) is 1. The first-order valence-corrected chi connectivity index (χ1v) is 7.56. The average Bonchev–Trinajstić information content (AvgIpc) is 2.38. The van der Waals surface area contributed by atoms with Crippen molar-refractivity contribution in [2.75, 3.05) is 13.1 Å². The van der Waals surface area contributed by atoms with Gasteiger partial charge in [0.05, 0.1) is 12.6 Å². The number of aliphatic hydroxyl groups excluding tert-OH is 1. The number of piperidine rings is 1. The molecule has 1 aromatic rings. The van der Waals surface area contributed by atoms with E-state index in [0.717, 1.165) is 5.56 Å². The highest BCUT2D eigenvalue weighted by molar-refractivity contribution is 6.31. The maximum absolute atomic E-state index is 12.0. The van der Waals surface area contributed by atoms with Crippen LogP contribution in [0.4, 0.5) is 4.79 Å². The summed E-state index contributed by atoms with van der Waals surface area (Å²) in [5.41, 5.74) is 0.414. The smallest absolute Gasteiger partial charge is 0.410 e. The molecular weight excluding hydrogens is 290 g/mol. The Morgan fingerprint density at radius 3 is 2.62 bits per heavy atom. The minimum atomic E-state index is -0.633. The van der Waals surface area contributed by atoms with Gasteiger partial charge in [0.25, 0.3) is 0 Å². The lowest BCUT2D eigenvalue weighted by Crippen LogP contribution is -2.47. The third-order valence-corrected chi connectivity index (χ3v) is 3.88. The molecule has 5 heteroatoms.